The molecule has 0 fully saturated rings. The summed E-state index contributed by atoms with van der Waals surface area (Å²) in [5.74, 6) is 0.130. The minimum absolute atomic E-state index is 0.130. The van der Waals surface area contributed by atoms with Crippen molar-refractivity contribution in [2.45, 2.75) is 19.4 Å². The number of benzene rings is 2. The molecule has 2 N–H and O–H groups in total. The van der Waals surface area contributed by atoms with Crippen molar-refractivity contribution in [1.29, 1.82) is 0 Å². The highest BCUT2D eigenvalue weighted by Gasteiger charge is 2.20. The van der Waals surface area contributed by atoms with Crippen molar-refractivity contribution < 1.29 is 4.79 Å². The Balaban J connectivity index is 1.72. The van der Waals surface area contributed by atoms with Gasteiger partial charge in [-0.05, 0) is 47.4 Å². The summed E-state index contributed by atoms with van der Waals surface area (Å²) in [7, 11) is 0. The van der Waals surface area contributed by atoms with Gasteiger partial charge in [-0.15, -0.1) is 0 Å². The largest absolute Gasteiger partial charge is 0.399 e. The van der Waals surface area contributed by atoms with Crippen molar-refractivity contribution in [1.82, 2.24) is 4.90 Å². The standard InChI is InChI=1S/C17H17ClN2O/c18-15-3-1-2-12(8-15)9-17(21)20-7-6-13-4-5-16(19)10-14(13)11-20/h1-5,8,10H,6-7,9,11,19H2. The normalized spacial score (nSPS) is 13.9. The average molecular weight is 301 g/mol. The summed E-state index contributed by atoms with van der Waals surface area (Å²) in [6.07, 6.45) is 1.27. The zero-order chi connectivity index (χ0) is 14.8. The van der Waals surface area contributed by atoms with E-state index in [0.29, 0.717) is 18.0 Å². The van der Waals surface area contributed by atoms with Crippen LogP contribution >= 0.6 is 11.6 Å². The Morgan fingerprint density at radius 3 is 2.86 bits per heavy atom. The number of nitrogen functional groups attached to an aromatic ring is 1. The predicted molar refractivity (Wildman–Crippen MR) is 85.1 cm³/mol. The number of halogens is 1. The van der Waals surface area contributed by atoms with Gasteiger partial charge in [0.1, 0.15) is 0 Å². The van der Waals surface area contributed by atoms with Crippen molar-refractivity contribution in [3.63, 3.8) is 0 Å². The second-order valence-electron chi connectivity index (χ2n) is 5.40. The van der Waals surface area contributed by atoms with Gasteiger partial charge in [0.25, 0.3) is 0 Å². The molecule has 0 aromatic heterocycles. The molecule has 21 heavy (non-hydrogen) atoms. The highest BCUT2D eigenvalue weighted by molar-refractivity contribution is 6.30. The molecule has 1 heterocycles. The number of nitrogens with zero attached hydrogens (tertiary/aromatic N) is 1. The lowest BCUT2D eigenvalue weighted by Crippen LogP contribution is -2.36. The van der Waals surface area contributed by atoms with Gasteiger partial charge in [-0.25, -0.2) is 0 Å². The monoisotopic (exact) mass is 300 g/mol. The molecule has 0 unspecified atom stereocenters. The van der Waals surface area contributed by atoms with Crippen molar-refractivity contribution in [2.24, 2.45) is 0 Å². The van der Waals surface area contributed by atoms with E-state index in [1.807, 2.05) is 41.3 Å². The van der Waals surface area contributed by atoms with E-state index in [0.717, 1.165) is 29.8 Å². The lowest BCUT2D eigenvalue weighted by atomic mass is 9.98. The molecule has 3 rings (SSSR count). The topological polar surface area (TPSA) is 46.3 Å². The third-order valence-corrected chi connectivity index (χ3v) is 4.07. The molecule has 108 valence electrons. The molecule has 1 aliphatic rings. The zero-order valence-corrected chi connectivity index (χ0v) is 12.4. The first-order valence-corrected chi connectivity index (χ1v) is 7.39. The SMILES string of the molecule is Nc1ccc2c(c1)CN(C(=O)Cc1cccc(Cl)c1)CC2. The van der Waals surface area contributed by atoms with Gasteiger partial charge in [0, 0.05) is 23.8 Å². The molecule has 2 aromatic rings. The van der Waals surface area contributed by atoms with E-state index < -0.39 is 0 Å². The van der Waals surface area contributed by atoms with Crippen molar-refractivity contribution in [2.75, 3.05) is 12.3 Å². The zero-order valence-electron chi connectivity index (χ0n) is 11.7. The summed E-state index contributed by atoms with van der Waals surface area (Å²) in [6, 6.07) is 13.4. The molecule has 2 aromatic carbocycles. The van der Waals surface area contributed by atoms with Gasteiger partial charge in [0.15, 0.2) is 0 Å². The highest BCUT2D eigenvalue weighted by atomic mass is 35.5. The smallest absolute Gasteiger partial charge is 0.227 e. The van der Waals surface area contributed by atoms with E-state index >= 15 is 0 Å². The fourth-order valence-corrected chi connectivity index (χ4v) is 2.94. The Hall–Kier alpha value is -2.00. The first-order chi connectivity index (χ1) is 10.1. The second kappa shape index (κ2) is 5.78. The number of fused-ring (bicyclic) bond motifs is 1. The number of anilines is 1. The highest BCUT2D eigenvalue weighted by Crippen LogP contribution is 2.22. The van der Waals surface area contributed by atoms with Crippen molar-refractivity contribution in [3.8, 4) is 0 Å². The first kappa shape index (κ1) is 14.0. The Morgan fingerprint density at radius 1 is 1.19 bits per heavy atom. The van der Waals surface area contributed by atoms with Gasteiger partial charge >= 0.3 is 0 Å². The maximum Gasteiger partial charge on any atom is 0.227 e. The Labute approximate surface area is 129 Å². The number of amides is 1. The van der Waals surface area contributed by atoms with Crippen LogP contribution in [0.15, 0.2) is 42.5 Å². The molecular weight excluding hydrogens is 284 g/mol. The molecular formula is C17H17ClN2O. The number of rotatable bonds is 2. The predicted octanol–water partition coefficient (Wildman–Crippen LogP) is 3.05. The van der Waals surface area contributed by atoms with Crippen molar-refractivity contribution in [3.05, 3.63) is 64.2 Å². The molecule has 1 amide bonds. The minimum Gasteiger partial charge on any atom is -0.399 e. The molecule has 1 aliphatic heterocycles. The molecule has 0 radical (unpaired) electrons. The first-order valence-electron chi connectivity index (χ1n) is 7.01. The molecule has 0 atom stereocenters. The lowest BCUT2D eigenvalue weighted by molar-refractivity contribution is -0.131. The number of nitrogens with two attached hydrogens (primary N) is 1. The summed E-state index contributed by atoms with van der Waals surface area (Å²) in [4.78, 5) is 14.3. The quantitative estimate of drug-likeness (QED) is 0.867. The van der Waals surface area contributed by atoms with E-state index in [4.69, 9.17) is 17.3 Å². The van der Waals surface area contributed by atoms with Crippen LogP contribution in [0.2, 0.25) is 5.02 Å². The maximum absolute atomic E-state index is 12.4. The third-order valence-electron chi connectivity index (χ3n) is 3.84. The van der Waals surface area contributed by atoms with E-state index in [1.165, 1.54) is 5.56 Å². The third kappa shape index (κ3) is 3.19. The fourth-order valence-electron chi connectivity index (χ4n) is 2.72. The van der Waals surface area contributed by atoms with Gasteiger partial charge in [0.2, 0.25) is 5.91 Å². The van der Waals surface area contributed by atoms with Gasteiger partial charge in [-0.1, -0.05) is 29.8 Å². The lowest BCUT2D eigenvalue weighted by Gasteiger charge is -2.29. The minimum atomic E-state index is 0.130. The van der Waals surface area contributed by atoms with Crippen LogP contribution in [0, 0.1) is 0 Å². The molecule has 4 heteroatoms. The van der Waals surface area contributed by atoms with Gasteiger partial charge in [0.05, 0.1) is 6.42 Å². The Kier molecular flexibility index (Phi) is 3.84. The summed E-state index contributed by atoms with van der Waals surface area (Å²) >= 11 is 5.96. The number of hydrogen-bond donors (Lipinski definition) is 1. The van der Waals surface area contributed by atoms with Crippen LogP contribution in [0.5, 0.6) is 0 Å². The van der Waals surface area contributed by atoms with Crippen LogP contribution < -0.4 is 5.73 Å². The molecule has 0 saturated heterocycles. The van der Waals surface area contributed by atoms with E-state index in [-0.39, 0.29) is 5.91 Å². The average Bonchev–Trinajstić information content (AvgIpc) is 2.46. The summed E-state index contributed by atoms with van der Waals surface area (Å²) in [6.45, 7) is 1.40. The molecule has 3 nitrogen and oxygen atoms in total. The molecule has 0 aliphatic carbocycles. The van der Waals surface area contributed by atoms with E-state index in [9.17, 15) is 4.79 Å². The van der Waals surface area contributed by atoms with Gasteiger partial charge in [-0.3, -0.25) is 4.79 Å². The van der Waals surface area contributed by atoms with E-state index in [1.54, 1.807) is 0 Å². The number of hydrogen-bond acceptors (Lipinski definition) is 2. The maximum atomic E-state index is 12.4. The Morgan fingerprint density at radius 2 is 2.05 bits per heavy atom. The van der Waals surface area contributed by atoms with Crippen molar-refractivity contribution >= 4 is 23.2 Å². The van der Waals surface area contributed by atoms with Crippen LogP contribution in [-0.2, 0) is 24.2 Å². The number of carbonyl (C=O) groups is 1. The summed E-state index contributed by atoms with van der Waals surface area (Å²) in [5.41, 5.74) is 9.96. The van der Waals surface area contributed by atoms with Crippen LogP contribution in [0.1, 0.15) is 16.7 Å². The second-order valence-corrected chi connectivity index (χ2v) is 5.84. The summed E-state index contributed by atoms with van der Waals surface area (Å²) in [5, 5.41) is 0.664. The summed E-state index contributed by atoms with van der Waals surface area (Å²) < 4.78 is 0. The van der Waals surface area contributed by atoms with Crippen LogP contribution in [0.25, 0.3) is 0 Å². The number of carbonyl (C=O) groups excluding carboxylic acids is 1. The molecule has 0 spiro atoms. The Bertz CT molecular complexity index is 684. The van der Waals surface area contributed by atoms with E-state index in [2.05, 4.69) is 6.07 Å². The van der Waals surface area contributed by atoms with Crippen LogP contribution in [0.4, 0.5) is 5.69 Å². The van der Waals surface area contributed by atoms with Gasteiger partial charge < -0.3 is 10.6 Å². The van der Waals surface area contributed by atoms with Crippen LogP contribution in [-0.4, -0.2) is 17.4 Å². The fraction of sp³-hybridized carbons (Fsp3) is 0.235. The van der Waals surface area contributed by atoms with Gasteiger partial charge in [-0.2, -0.15) is 0 Å². The molecule has 0 saturated carbocycles. The molecule has 0 bridgehead atoms. The van der Waals surface area contributed by atoms with Crippen LogP contribution in [0.3, 0.4) is 0 Å².